The second-order valence-corrected chi connectivity index (χ2v) is 6.03. The average Bonchev–Trinajstić information content (AvgIpc) is 3.31. The van der Waals surface area contributed by atoms with Crippen LogP contribution in [0.15, 0.2) is 18.2 Å². The van der Waals surface area contributed by atoms with Gasteiger partial charge < -0.3 is 20.5 Å². The molecule has 22 heavy (non-hydrogen) atoms. The summed E-state index contributed by atoms with van der Waals surface area (Å²) >= 11 is 0. The maximum atomic E-state index is 14.0. The first-order valence-electron chi connectivity index (χ1n) is 7.43. The molecule has 2 unspecified atom stereocenters. The Morgan fingerprint density at radius 1 is 1.55 bits per heavy atom. The highest BCUT2D eigenvalue weighted by atomic mass is 19.1. The van der Waals surface area contributed by atoms with Gasteiger partial charge in [0.05, 0.1) is 30.9 Å². The van der Waals surface area contributed by atoms with E-state index < -0.39 is 23.4 Å². The second kappa shape index (κ2) is 6.52. The van der Waals surface area contributed by atoms with Crippen molar-refractivity contribution in [1.29, 1.82) is 0 Å². The van der Waals surface area contributed by atoms with Crippen LogP contribution in [-0.2, 0) is 0 Å². The van der Waals surface area contributed by atoms with Crippen molar-refractivity contribution in [2.75, 3.05) is 13.7 Å². The molecule has 1 aliphatic carbocycles. The van der Waals surface area contributed by atoms with Crippen LogP contribution in [0.5, 0.6) is 5.75 Å². The molecule has 2 rings (SSSR count). The van der Waals surface area contributed by atoms with Gasteiger partial charge in [-0.05, 0) is 44.7 Å². The third-order valence-corrected chi connectivity index (χ3v) is 4.22. The van der Waals surface area contributed by atoms with Crippen molar-refractivity contribution in [1.82, 2.24) is 10.6 Å². The van der Waals surface area contributed by atoms with E-state index in [2.05, 4.69) is 10.6 Å². The van der Waals surface area contributed by atoms with Crippen LogP contribution in [0.3, 0.4) is 0 Å². The Morgan fingerprint density at radius 3 is 2.77 bits per heavy atom. The molecule has 0 spiro atoms. The molecule has 1 saturated carbocycles. The molecule has 122 valence electrons. The van der Waals surface area contributed by atoms with Crippen LogP contribution >= 0.6 is 0 Å². The maximum Gasteiger partial charge on any atom is 0.315 e. The Balaban J connectivity index is 2.05. The van der Waals surface area contributed by atoms with Gasteiger partial charge in [0.15, 0.2) is 0 Å². The van der Waals surface area contributed by atoms with E-state index in [0.29, 0.717) is 17.2 Å². The number of carbonyl (C=O) groups is 1. The van der Waals surface area contributed by atoms with Gasteiger partial charge in [-0.2, -0.15) is 0 Å². The fourth-order valence-corrected chi connectivity index (χ4v) is 2.67. The van der Waals surface area contributed by atoms with E-state index in [-0.39, 0.29) is 6.61 Å². The standard InChI is InChI=1S/C16H23FN2O3/c1-10(14-12(17)5-4-6-13(14)22-3)18-15(21)19-16(2,9-20)11-7-8-11/h4-6,10-11,20H,7-9H2,1-3H3,(H2,18,19,21). The molecule has 6 heteroatoms. The largest absolute Gasteiger partial charge is 0.496 e. The lowest BCUT2D eigenvalue weighted by Gasteiger charge is -2.30. The number of hydrogen-bond donors (Lipinski definition) is 3. The summed E-state index contributed by atoms with van der Waals surface area (Å²) in [6.07, 6.45) is 1.99. The summed E-state index contributed by atoms with van der Waals surface area (Å²) < 4.78 is 19.1. The predicted molar refractivity (Wildman–Crippen MR) is 81.2 cm³/mol. The number of rotatable bonds is 6. The molecule has 0 saturated heterocycles. The van der Waals surface area contributed by atoms with Crippen molar-refractivity contribution < 1.29 is 19.0 Å². The zero-order valence-electron chi connectivity index (χ0n) is 13.1. The molecule has 2 amide bonds. The normalized spacial score (nSPS) is 18.2. The van der Waals surface area contributed by atoms with Crippen LogP contribution in [0.1, 0.15) is 38.3 Å². The van der Waals surface area contributed by atoms with Gasteiger partial charge in [0, 0.05) is 0 Å². The topological polar surface area (TPSA) is 70.6 Å². The van der Waals surface area contributed by atoms with Crippen LogP contribution < -0.4 is 15.4 Å². The van der Waals surface area contributed by atoms with E-state index >= 15 is 0 Å². The number of aliphatic hydroxyl groups is 1. The van der Waals surface area contributed by atoms with Gasteiger partial charge in [-0.3, -0.25) is 0 Å². The number of nitrogens with one attached hydrogen (secondary N) is 2. The molecule has 0 aliphatic heterocycles. The van der Waals surface area contributed by atoms with Gasteiger partial charge >= 0.3 is 6.03 Å². The summed E-state index contributed by atoms with van der Waals surface area (Å²) in [4.78, 5) is 12.1. The van der Waals surface area contributed by atoms with E-state index in [1.54, 1.807) is 19.1 Å². The zero-order valence-corrected chi connectivity index (χ0v) is 13.1. The molecular weight excluding hydrogens is 287 g/mol. The molecule has 2 atom stereocenters. The third kappa shape index (κ3) is 3.50. The monoisotopic (exact) mass is 310 g/mol. The second-order valence-electron chi connectivity index (χ2n) is 6.03. The van der Waals surface area contributed by atoms with Gasteiger partial charge in [-0.15, -0.1) is 0 Å². The van der Waals surface area contributed by atoms with Crippen LogP contribution in [-0.4, -0.2) is 30.4 Å². The van der Waals surface area contributed by atoms with E-state index in [1.807, 2.05) is 6.92 Å². The SMILES string of the molecule is COc1cccc(F)c1C(C)NC(=O)NC(C)(CO)C1CC1. The van der Waals surface area contributed by atoms with E-state index in [4.69, 9.17) is 4.74 Å². The number of halogens is 1. The fraction of sp³-hybridized carbons (Fsp3) is 0.562. The van der Waals surface area contributed by atoms with Crippen LogP contribution in [0.4, 0.5) is 9.18 Å². The molecule has 5 nitrogen and oxygen atoms in total. The molecule has 0 aromatic heterocycles. The highest BCUT2D eigenvalue weighted by molar-refractivity contribution is 5.75. The van der Waals surface area contributed by atoms with Gasteiger partial charge in [-0.25, -0.2) is 9.18 Å². The number of carbonyl (C=O) groups excluding carboxylic acids is 1. The van der Waals surface area contributed by atoms with Gasteiger partial charge in [0.25, 0.3) is 0 Å². The van der Waals surface area contributed by atoms with Crippen molar-refractivity contribution in [3.05, 3.63) is 29.6 Å². The number of ether oxygens (including phenoxy) is 1. The molecule has 1 fully saturated rings. The molecular formula is C16H23FN2O3. The minimum absolute atomic E-state index is 0.123. The van der Waals surface area contributed by atoms with Gasteiger partial charge in [0.1, 0.15) is 11.6 Å². The summed E-state index contributed by atoms with van der Waals surface area (Å²) in [5.41, 5.74) is -0.333. The number of aliphatic hydroxyl groups excluding tert-OH is 1. The van der Waals surface area contributed by atoms with Crippen LogP contribution in [0.2, 0.25) is 0 Å². The Hall–Kier alpha value is -1.82. The summed E-state index contributed by atoms with van der Waals surface area (Å²) in [6.45, 7) is 3.38. The van der Waals surface area contributed by atoms with E-state index in [9.17, 15) is 14.3 Å². The molecule has 1 aliphatic rings. The van der Waals surface area contributed by atoms with E-state index in [0.717, 1.165) is 12.8 Å². The van der Waals surface area contributed by atoms with Crippen molar-refractivity contribution in [2.45, 2.75) is 38.3 Å². The number of benzene rings is 1. The molecule has 1 aromatic carbocycles. The molecule has 1 aromatic rings. The van der Waals surface area contributed by atoms with Gasteiger partial charge in [-0.1, -0.05) is 6.07 Å². The average molecular weight is 310 g/mol. The highest BCUT2D eigenvalue weighted by Gasteiger charge is 2.42. The molecule has 3 N–H and O–H groups in total. The third-order valence-electron chi connectivity index (χ3n) is 4.22. The zero-order chi connectivity index (χ0) is 16.3. The highest BCUT2D eigenvalue weighted by Crippen LogP contribution is 2.39. The Kier molecular flexibility index (Phi) is 4.90. The van der Waals surface area contributed by atoms with Crippen molar-refractivity contribution >= 4 is 6.03 Å². The first-order chi connectivity index (χ1) is 10.4. The molecule has 0 heterocycles. The summed E-state index contributed by atoms with van der Waals surface area (Å²) in [6, 6.07) is 3.55. The number of urea groups is 1. The lowest BCUT2D eigenvalue weighted by molar-refractivity contribution is 0.154. The Labute approximate surface area is 129 Å². The first-order valence-corrected chi connectivity index (χ1v) is 7.43. The number of hydrogen-bond acceptors (Lipinski definition) is 3. The minimum atomic E-state index is -0.636. The van der Waals surface area contributed by atoms with Crippen LogP contribution in [0, 0.1) is 11.7 Å². The van der Waals surface area contributed by atoms with E-state index in [1.165, 1.54) is 13.2 Å². The Morgan fingerprint density at radius 2 is 2.23 bits per heavy atom. The Bertz CT molecular complexity index is 548. The van der Waals surface area contributed by atoms with Crippen molar-refractivity contribution in [3.8, 4) is 5.75 Å². The lowest BCUT2D eigenvalue weighted by atomic mass is 9.97. The minimum Gasteiger partial charge on any atom is -0.496 e. The number of methoxy groups -OCH3 is 1. The summed E-state index contributed by atoms with van der Waals surface area (Å²) in [5.74, 6) is 0.251. The van der Waals surface area contributed by atoms with Crippen molar-refractivity contribution in [2.24, 2.45) is 5.92 Å². The smallest absolute Gasteiger partial charge is 0.315 e. The quantitative estimate of drug-likeness (QED) is 0.755. The maximum absolute atomic E-state index is 14.0. The fourth-order valence-electron chi connectivity index (χ4n) is 2.67. The summed E-state index contributed by atoms with van der Waals surface area (Å²) in [5, 5.41) is 15.0. The summed E-state index contributed by atoms with van der Waals surface area (Å²) in [7, 11) is 1.46. The van der Waals surface area contributed by atoms with Crippen LogP contribution in [0.25, 0.3) is 0 Å². The molecule has 0 radical (unpaired) electrons. The predicted octanol–water partition coefficient (Wildman–Crippen LogP) is 2.36. The first kappa shape index (κ1) is 16.5. The van der Waals surface area contributed by atoms with Gasteiger partial charge in [0.2, 0.25) is 0 Å². The lowest BCUT2D eigenvalue weighted by Crippen LogP contribution is -2.54. The number of amides is 2. The molecule has 0 bridgehead atoms. The van der Waals surface area contributed by atoms with Crippen molar-refractivity contribution in [3.63, 3.8) is 0 Å².